The fraction of sp³-hybridized carbons (Fsp3) is 0.545. The Bertz CT molecular complexity index is 380. The number of nitrogens with zero attached hydrogens (tertiary/aromatic N) is 1. The molecule has 0 bridgehead atoms. The fourth-order valence-electron chi connectivity index (χ4n) is 1.88. The molecule has 1 aromatic heterocycles. The SMILES string of the molecule is CCC1NCCN(Cc2sccc2Br)C1=O. The minimum absolute atomic E-state index is 0.00693. The van der Waals surface area contributed by atoms with E-state index in [1.54, 1.807) is 11.3 Å². The van der Waals surface area contributed by atoms with Crippen LogP contribution in [0.15, 0.2) is 15.9 Å². The van der Waals surface area contributed by atoms with Crippen LogP contribution in [0.1, 0.15) is 18.2 Å². The smallest absolute Gasteiger partial charge is 0.240 e. The fourth-order valence-corrected chi connectivity index (χ4v) is 3.37. The summed E-state index contributed by atoms with van der Waals surface area (Å²) in [5.41, 5.74) is 0. The highest BCUT2D eigenvalue weighted by Gasteiger charge is 2.27. The zero-order valence-electron chi connectivity index (χ0n) is 9.20. The lowest BCUT2D eigenvalue weighted by atomic mass is 10.1. The van der Waals surface area contributed by atoms with Crippen LogP contribution in [0.4, 0.5) is 0 Å². The van der Waals surface area contributed by atoms with Gasteiger partial charge in [0, 0.05) is 22.4 Å². The quantitative estimate of drug-likeness (QED) is 0.928. The van der Waals surface area contributed by atoms with Crippen molar-refractivity contribution in [3.05, 3.63) is 20.8 Å². The van der Waals surface area contributed by atoms with Gasteiger partial charge in [0.2, 0.25) is 5.91 Å². The number of halogens is 1. The van der Waals surface area contributed by atoms with Crippen molar-refractivity contribution < 1.29 is 4.79 Å². The van der Waals surface area contributed by atoms with Crippen molar-refractivity contribution >= 4 is 33.2 Å². The Morgan fingerprint density at radius 1 is 1.69 bits per heavy atom. The average molecular weight is 303 g/mol. The van der Waals surface area contributed by atoms with Gasteiger partial charge in [0.1, 0.15) is 0 Å². The van der Waals surface area contributed by atoms with Crippen molar-refractivity contribution in [2.45, 2.75) is 25.9 Å². The van der Waals surface area contributed by atoms with E-state index < -0.39 is 0 Å². The van der Waals surface area contributed by atoms with E-state index in [-0.39, 0.29) is 11.9 Å². The molecule has 1 fully saturated rings. The lowest BCUT2D eigenvalue weighted by Gasteiger charge is -2.32. The first kappa shape index (κ1) is 12.1. The molecule has 88 valence electrons. The second-order valence-corrected chi connectivity index (χ2v) is 5.72. The van der Waals surface area contributed by atoms with Gasteiger partial charge in [-0.25, -0.2) is 0 Å². The predicted molar refractivity (Wildman–Crippen MR) is 69.5 cm³/mol. The number of thiophene rings is 1. The summed E-state index contributed by atoms with van der Waals surface area (Å²) in [4.78, 5) is 15.2. The summed E-state index contributed by atoms with van der Waals surface area (Å²) in [6.07, 6.45) is 0.862. The van der Waals surface area contributed by atoms with Crippen molar-refractivity contribution in [3.8, 4) is 0 Å². The average Bonchev–Trinajstić information content (AvgIpc) is 2.68. The second kappa shape index (κ2) is 5.29. The minimum atomic E-state index is 0.00693. The van der Waals surface area contributed by atoms with E-state index >= 15 is 0 Å². The first-order valence-electron chi connectivity index (χ1n) is 5.46. The van der Waals surface area contributed by atoms with Crippen LogP contribution in [0, 0.1) is 0 Å². The third-order valence-corrected chi connectivity index (χ3v) is 4.73. The highest BCUT2D eigenvalue weighted by Crippen LogP contribution is 2.24. The third-order valence-electron chi connectivity index (χ3n) is 2.82. The summed E-state index contributed by atoms with van der Waals surface area (Å²) >= 11 is 5.19. The lowest BCUT2D eigenvalue weighted by Crippen LogP contribution is -2.54. The molecule has 1 aliphatic rings. The summed E-state index contributed by atoms with van der Waals surface area (Å²) in [6, 6.07) is 2.04. The Morgan fingerprint density at radius 3 is 3.12 bits per heavy atom. The molecule has 2 rings (SSSR count). The maximum atomic E-state index is 12.0. The summed E-state index contributed by atoms with van der Waals surface area (Å²) < 4.78 is 1.11. The zero-order valence-corrected chi connectivity index (χ0v) is 11.6. The monoisotopic (exact) mass is 302 g/mol. The van der Waals surface area contributed by atoms with Gasteiger partial charge in [0.15, 0.2) is 0 Å². The molecule has 1 aromatic rings. The number of hydrogen-bond acceptors (Lipinski definition) is 3. The van der Waals surface area contributed by atoms with Crippen molar-refractivity contribution in [2.75, 3.05) is 13.1 Å². The van der Waals surface area contributed by atoms with E-state index in [1.807, 2.05) is 23.3 Å². The molecular formula is C11H15BrN2OS. The molecule has 1 aliphatic heterocycles. The number of amides is 1. The summed E-state index contributed by atoms with van der Waals surface area (Å²) in [6.45, 7) is 4.47. The Balaban J connectivity index is 2.04. The number of hydrogen-bond donors (Lipinski definition) is 1. The second-order valence-electron chi connectivity index (χ2n) is 3.87. The van der Waals surface area contributed by atoms with E-state index in [1.165, 1.54) is 4.88 Å². The van der Waals surface area contributed by atoms with Crippen molar-refractivity contribution in [2.24, 2.45) is 0 Å². The van der Waals surface area contributed by atoms with E-state index in [9.17, 15) is 4.79 Å². The molecule has 0 aromatic carbocycles. The number of carbonyl (C=O) groups excluding carboxylic acids is 1. The Morgan fingerprint density at radius 2 is 2.50 bits per heavy atom. The molecule has 3 nitrogen and oxygen atoms in total. The third kappa shape index (κ3) is 2.47. The van der Waals surface area contributed by atoms with Gasteiger partial charge in [-0.05, 0) is 33.8 Å². The van der Waals surface area contributed by atoms with Crippen LogP contribution in [0.25, 0.3) is 0 Å². The van der Waals surface area contributed by atoms with Gasteiger partial charge < -0.3 is 10.2 Å². The van der Waals surface area contributed by atoms with Crippen molar-refractivity contribution in [3.63, 3.8) is 0 Å². The minimum Gasteiger partial charge on any atom is -0.335 e. The highest BCUT2D eigenvalue weighted by atomic mass is 79.9. The molecule has 16 heavy (non-hydrogen) atoms. The largest absolute Gasteiger partial charge is 0.335 e. The zero-order chi connectivity index (χ0) is 11.5. The summed E-state index contributed by atoms with van der Waals surface area (Å²) in [5.74, 6) is 0.231. The number of nitrogens with one attached hydrogen (secondary N) is 1. The maximum Gasteiger partial charge on any atom is 0.240 e. The molecule has 1 atom stereocenters. The van der Waals surface area contributed by atoms with E-state index in [4.69, 9.17) is 0 Å². The van der Waals surface area contributed by atoms with Gasteiger partial charge in [-0.3, -0.25) is 4.79 Å². The predicted octanol–water partition coefficient (Wildman–Crippen LogP) is 2.22. The van der Waals surface area contributed by atoms with Crippen LogP contribution >= 0.6 is 27.3 Å². The van der Waals surface area contributed by atoms with E-state index in [0.717, 1.165) is 30.5 Å². The topological polar surface area (TPSA) is 32.3 Å². The molecule has 1 saturated heterocycles. The first-order valence-corrected chi connectivity index (χ1v) is 7.13. The Labute approximate surface area is 108 Å². The van der Waals surface area contributed by atoms with Gasteiger partial charge in [0.25, 0.3) is 0 Å². The molecule has 5 heteroatoms. The van der Waals surface area contributed by atoms with Crippen LogP contribution in [0.2, 0.25) is 0 Å². The standard InChI is InChI=1S/C11H15BrN2OS/c1-2-9-11(15)14(5-4-13-9)7-10-8(12)3-6-16-10/h3,6,9,13H,2,4-5,7H2,1H3. The number of carbonyl (C=O) groups is 1. The van der Waals surface area contributed by atoms with Gasteiger partial charge in [-0.15, -0.1) is 11.3 Å². The molecule has 2 heterocycles. The van der Waals surface area contributed by atoms with Gasteiger partial charge in [0.05, 0.1) is 12.6 Å². The first-order chi connectivity index (χ1) is 7.72. The van der Waals surface area contributed by atoms with Crippen LogP contribution in [-0.4, -0.2) is 29.9 Å². The normalized spacial score (nSPS) is 21.5. The lowest BCUT2D eigenvalue weighted by molar-refractivity contribution is -0.136. The maximum absolute atomic E-state index is 12.0. The van der Waals surface area contributed by atoms with Gasteiger partial charge in [-0.1, -0.05) is 6.92 Å². The molecule has 0 aliphatic carbocycles. The van der Waals surface area contributed by atoms with Crippen LogP contribution in [0.5, 0.6) is 0 Å². The highest BCUT2D eigenvalue weighted by molar-refractivity contribution is 9.10. The van der Waals surface area contributed by atoms with Crippen LogP contribution in [0.3, 0.4) is 0 Å². The van der Waals surface area contributed by atoms with Crippen LogP contribution in [-0.2, 0) is 11.3 Å². The molecular weight excluding hydrogens is 288 g/mol. The van der Waals surface area contributed by atoms with Gasteiger partial charge in [-0.2, -0.15) is 0 Å². The van der Waals surface area contributed by atoms with E-state index in [2.05, 4.69) is 21.2 Å². The Kier molecular flexibility index (Phi) is 4.00. The molecule has 1 amide bonds. The van der Waals surface area contributed by atoms with Crippen LogP contribution < -0.4 is 5.32 Å². The summed E-state index contributed by atoms with van der Waals surface area (Å²) in [7, 11) is 0. The molecule has 1 unspecified atom stereocenters. The molecule has 0 radical (unpaired) electrons. The Hall–Kier alpha value is -0.390. The van der Waals surface area contributed by atoms with Gasteiger partial charge >= 0.3 is 0 Å². The van der Waals surface area contributed by atoms with Crippen molar-refractivity contribution in [1.82, 2.24) is 10.2 Å². The van der Waals surface area contributed by atoms with Crippen molar-refractivity contribution in [1.29, 1.82) is 0 Å². The number of piperazine rings is 1. The molecule has 1 N–H and O–H groups in total. The molecule has 0 spiro atoms. The summed E-state index contributed by atoms with van der Waals surface area (Å²) in [5, 5.41) is 5.29. The molecule has 0 saturated carbocycles. The number of rotatable bonds is 3. The van der Waals surface area contributed by atoms with E-state index in [0.29, 0.717) is 0 Å².